The summed E-state index contributed by atoms with van der Waals surface area (Å²) in [6.07, 6.45) is 1.73. The molecule has 144 valence electrons. The van der Waals surface area contributed by atoms with E-state index in [1.165, 1.54) is 11.6 Å². The lowest BCUT2D eigenvalue weighted by molar-refractivity contribution is 0.248. The number of anilines is 3. The van der Waals surface area contributed by atoms with Crippen molar-refractivity contribution in [1.29, 1.82) is 0 Å². The van der Waals surface area contributed by atoms with Crippen LogP contribution in [0.15, 0.2) is 60.8 Å². The second kappa shape index (κ2) is 8.54. The van der Waals surface area contributed by atoms with Gasteiger partial charge in [-0.05, 0) is 29.8 Å². The number of nitrogens with one attached hydrogen (secondary N) is 1. The summed E-state index contributed by atoms with van der Waals surface area (Å²) in [5, 5.41) is 3.23. The molecule has 0 atom stereocenters. The number of rotatable bonds is 5. The zero-order valence-corrected chi connectivity index (χ0v) is 16.1. The highest BCUT2D eigenvalue weighted by molar-refractivity contribution is 6.31. The monoisotopic (exact) mass is 397 g/mol. The second-order valence-corrected chi connectivity index (χ2v) is 7.15. The summed E-state index contributed by atoms with van der Waals surface area (Å²) >= 11 is 5.84. The summed E-state index contributed by atoms with van der Waals surface area (Å²) in [4.78, 5) is 13.6. The van der Waals surface area contributed by atoms with Crippen LogP contribution in [0, 0.1) is 5.82 Å². The van der Waals surface area contributed by atoms with Gasteiger partial charge in [0.1, 0.15) is 11.6 Å². The molecule has 0 spiro atoms. The van der Waals surface area contributed by atoms with Crippen LogP contribution in [0.2, 0.25) is 5.02 Å². The molecule has 0 radical (unpaired) electrons. The molecule has 7 heteroatoms. The maximum atomic E-state index is 13.3. The highest BCUT2D eigenvalue weighted by atomic mass is 35.5. The Labute approximate surface area is 168 Å². The number of halogens is 2. The molecule has 5 nitrogen and oxygen atoms in total. The van der Waals surface area contributed by atoms with Crippen molar-refractivity contribution in [1.82, 2.24) is 14.9 Å². The Morgan fingerprint density at radius 2 is 1.79 bits per heavy atom. The Morgan fingerprint density at radius 3 is 2.54 bits per heavy atom. The van der Waals surface area contributed by atoms with E-state index in [1.807, 2.05) is 6.07 Å². The maximum absolute atomic E-state index is 13.3. The maximum Gasteiger partial charge on any atom is 0.227 e. The van der Waals surface area contributed by atoms with Gasteiger partial charge in [-0.25, -0.2) is 9.37 Å². The van der Waals surface area contributed by atoms with Crippen LogP contribution in [0.3, 0.4) is 0 Å². The van der Waals surface area contributed by atoms with E-state index in [9.17, 15) is 4.39 Å². The zero-order valence-electron chi connectivity index (χ0n) is 15.4. The molecule has 0 aliphatic carbocycles. The minimum Gasteiger partial charge on any atom is -0.340 e. The molecule has 1 aromatic heterocycles. The van der Waals surface area contributed by atoms with Gasteiger partial charge in [0.2, 0.25) is 5.95 Å². The Kier molecular flexibility index (Phi) is 5.69. The first-order chi connectivity index (χ1) is 13.7. The van der Waals surface area contributed by atoms with Gasteiger partial charge in [-0.3, -0.25) is 4.90 Å². The molecule has 3 aromatic rings. The van der Waals surface area contributed by atoms with Crippen LogP contribution in [-0.2, 0) is 6.54 Å². The van der Waals surface area contributed by atoms with Gasteiger partial charge in [0.05, 0.1) is 5.02 Å². The third-order valence-corrected chi connectivity index (χ3v) is 5.03. The van der Waals surface area contributed by atoms with Crippen LogP contribution in [0.1, 0.15) is 5.56 Å². The number of benzene rings is 2. The SMILES string of the molecule is Fc1ccc(Nc2ccnc(N3CCN(Cc4ccccc4)CC3)n2)cc1Cl. The molecular formula is C21H21ClFN5. The molecule has 2 heterocycles. The smallest absolute Gasteiger partial charge is 0.227 e. The fourth-order valence-corrected chi connectivity index (χ4v) is 3.42. The molecule has 0 amide bonds. The van der Waals surface area contributed by atoms with Crippen molar-refractivity contribution in [3.63, 3.8) is 0 Å². The third kappa shape index (κ3) is 4.58. The lowest BCUT2D eigenvalue weighted by Crippen LogP contribution is -2.46. The molecular weight excluding hydrogens is 377 g/mol. The standard InChI is InChI=1S/C21H21ClFN5/c22-18-14-17(6-7-19(18)23)25-20-8-9-24-21(26-20)28-12-10-27(11-13-28)15-16-4-2-1-3-5-16/h1-9,14H,10-13,15H2,(H,24,25,26). The fourth-order valence-electron chi connectivity index (χ4n) is 3.24. The number of hydrogen-bond donors (Lipinski definition) is 1. The molecule has 4 rings (SSSR count). The number of aromatic nitrogens is 2. The molecule has 1 aliphatic heterocycles. The minimum absolute atomic E-state index is 0.0776. The first kappa shape index (κ1) is 18.7. The first-order valence-electron chi connectivity index (χ1n) is 9.24. The van der Waals surface area contributed by atoms with E-state index >= 15 is 0 Å². The van der Waals surface area contributed by atoms with Crippen LogP contribution in [-0.4, -0.2) is 41.0 Å². The average molecular weight is 398 g/mol. The largest absolute Gasteiger partial charge is 0.340 e. The molecule has 0 unspecified atom stereocenters. The Hall–Kier alpha value is -2.70. The van der Waals surface area contributed by atoms with Gasteiger partial charge in [0, 0.05) is 44.6 Å². The van der Waals surface area contributed by atoms with Gasteiger partial charge in [-0.15, -0.1) is 0 Å². The third-order valence-electron chi connectivity index (χ3n) is 4.74. The van der Waals surface area contributed by atoms with Gasteiger partial charge in [-0.1, -0.05) is 41.9 Å². The quantitative estimate of drug-likeness (QED) is 0.694. The predicted octanol–water partition coefficient (Wildman–Crippen LogP) is 4.33. The van der Waals surface area contributed by atoms with Gasteiger partial charge in [0.15, 0.2) is 0 Å². The first-order valence-corrected chi connectivity index (χ1v) is 9.61. The summed E-state index contributed by atoms with van der Waals surface area (Å²) in [7, 11) is 0. The minimum atomic E-state index is -0.441. The molecule has 1 N–H and O–H groups in total. The Bertz CT molecular complexity index is 929. The molecule has 28 heavy (non-hydrogen) atoms. The molecule has 0 bridgehead atoms. The van der Waals surface area contributed by atoms with E-state index in [0.717, 1.165) is 32.7 Å². The van der Waals surface area contributed by atoms with Crippen LogP contribution in [0.25, 0.3) is 0 Å². The van der Waals surface area contributed by atoms with Gasteiger partial charge >= 0.3 is 0 Å². The topological polar surface area (TPSA) is 44.3 Å². The summed E-state index contributed by atoms with van der Waals surface area (Å²) in [6.45, 7) is 4.63. The molecule has 0 saturated carbocycles. The van der Waals surface area contributed by atoms with E-state index in [0.29, 0.717) is 17.5 Å². The van der Waals surface area contributed by atoms with E-state index < -0.39 is 5.82 Å². The van der Waals surface area contributed by atoms with Crippen molar-refractivity contribution in [3.05, 3.63) is 77.2 Å². The van der Waals surface area contributed by atoms with Crippen molar-refractivity contribution in [2.45, 2.75) is 6.54 Å². The molecule has 2 aromatic carbocycles. The van der Waals surface area contributed by atoms with Crippen LogP contribution < -0.4 is 10.2 Å². The number of nitrogens with zero attached hydrogens (tertiary/aromatic N) is 4. The number of hydrogen-bond acceptors (Lipinski definition) is 5. The summed E-state index contributed by atoms with van der Waals surface area (Å²) in [6, 6.07) is 16.8. The number of piperazine rings is 1. The van der Waals surface area contributed by atoms with Crippen molar-refractivity contribution in [2.75, 3.05) is 36.4 Å². The Balaban J connectivity index is 1.37. The van der Waals surface area contributed by atoms with Crippen LogP contribution in [0.5, 0.6) is 0 Å². The van der Waals surface area contributed by atoms with Gasteiger partial charge in [0.25, 0.3) is 0 Å². The van der Waals surface area contributed by atoms with Gasteiger partial charge in [-0.2, -0.15) is 4.98 Å². The van der Waals surface area contributed by atoms with Crippen molar-refractivity contribution >= 4 is 29.1 Å². The summed E-state index contributed by atoms with van der Waals surface area (Å²) in [5.74, 6) is 0.904. The highest BCUT2D eigenvalue weighted by Gasteiger charge is 2.19. The van der Waals surface area contributed by atoms with Crippen molar-refractivity contribution < 1.29 is 4.39 Å². The lowest BCUT2D eigenvalue weighted by atomic mass is 10.2. The normalized spacial score (nSPS) is 14.9. The van der Waals surface area contributed by atoms with E-state index in [2.05, 4.69) is 49.4 Å². The summed E-state index contributed by atoms with van der Waals surface area (Å²) < 4.78 is 13.3. The van der Waals surface area contributed by atoms with Crippen molar-refractivity contribution in [2.24, 2.45) is 0 Å². The van der Waals surface area contributed by atoms with E-state index in [1.54, 1.807) is 24.4 Å². The second-order valence-electron chi connectivity index (χ2n) is 6.74. The van der Waals surface area contributed by atoms with E-state index in [4.69, 9.17) is 11.6 Å². The fraction of sp³-hybridized carbons (Fsp3) is 0.238. The lowest BCUT2D eigenvalue weighted by Gasteiger charge is -2.34. The average Bonchev–Trinajstić information content (AvgIpc) is 2.72. The van der Waals surface area contributed by atoms with Crippen LogP contribution >= 0.6 is 11.6 Å². The van der Waals surface area contributed by atoms with Crippen molar-refractivity contribution in [3.8, 4) is 0 Å². The van der Waals surface area contributed by atoms with Gasteiger partial charge < -0.3 is 10.2 Å². The molecule has 1 aliphatic rings. The van der Waals surface area contributed by atoms with Crippen LogP contribution in [0.4, 0.5) is 21.8 Å². The van der Waals surface area contributed by atoms with E-state index in [-0.39, 0.29) is 5.02 Å². The summed E-state index contributed by atoms with van der Waals surface area (Å²) in [5.41, 5.74) is 2.01. The highest BCUT2D eigenvalue weighted by Crippen LogP contribution is 2.23. The predicted molar refractivity (Wildman–Crippen MR) is 111 cm³/mol. The molecule has 1 fully saturated rings. The molecule has 1 saturated heterocycles. The zero-order chi connectivity index (χ0) is 19.3. The Morgan fingerprint density at radius 1 is 1.00 bits per heavy atom.